The topological polar surface area (TPSA) is 78.4 Å². The molecule has 0 saturated heterocycles. The van der Waals surface area contributed by atoms with Gasteiger partial charge in [-0.05, 0) is 31.9 Å². The first kappa shape index (κ1) is 16.4. The summed E-state index contributed by atoms with van der Waals surface area (Å²) in [5.74, 6) is 0.476. The fraction of sp³-hybridized carbons (Fsp3) is 0.643. The minimum absolute atomic E-state index is 0.0505. The average molecular weight is 280 g/mol. The molecule has 0 spiro atoms. The molecule has 0 fully saturated rings. The van der Waals surface area contributed by atoms with Crippen LogP contribution < -0.4 is 5.32 Å². The van der Waals surface area contributed by atoms with Gasteiger partial charge in [0, 0.05) is 19.1 Å². The normalized spacial score (nSPS) is 10.7. The Hall–Kier alpha value is -1.69. The van der Waals surface area contributed by atoms with E-state index in [2.05, 4.69) is 15.5 Å². The number of carbonyl (C=O) groups is 1. The van der Waals surface area contributed by atoms with E-state index in [0.29, 0.717) is 18.1 Å². The van der Waals surface area contributed by atoms with E-state index >= 15 is 0 Å². The lowest BCUT2D eigenvalue weighted by Crippen LogP contribution is -2.42. The summed E-state index contributed by atoms with van der Waals surface area (Å²) in [5.41, 5.74) is 0.312. The molecule has 0 aromatic carbocycles. The Morgan fingerprint density at radius 3 is 2.45 bits per heavy atom. The molecule has 0 aliphatic carbocycles. The van der Waals surface area contributed by atoms with E-state index in [1.807, 2.05) is 20.8 Å². The van der Waals surface area contributed by atoms with Crippen LogP contribution in [0.4, 0.5) is 5.82 Å². The van der Waals surface area contributed by atoms with Crippen LogP contribution in [-0.2, 0) is 0 Å². The van der Waals surface area contributed by atoms with Gasteiger partial charge in [0.2, 0.25) is 0 Å². The lowest BCUT2D eigenvalue weighted by atomic mass is 10.1. The van der Waals surface area contributed by atoms with Crippen molar-refractivity contribution in [3.8, 4) is 0 Å². The predicted octanol–water partition coefficient (Wildman–Crippen LogP) is 1.53. The minimum atomic E-state index is -0.178. The molecule has 20 heavy (non-hydrogen) atoms. The van der Waals surface area contributed by atoms with Gasteiger partial charge in [0.1, 0.15) is 5.82 Å². The molecule has 6 nitrogen and oxygen atoms in total. The van der Waals surface area contributed by atoms with E-state index in [-0.39, 0.29) is 18.6 Å². The molecule has 0 atom stereocenters. The summed E-state index contributed by atoms with van der Waals surface area (Å²) in [6, 6.07) is 3.53. The number of hydrogen-bond acceptors (Lipinski definition) is 5. The molecule has 1 amide bonds. The summed E-state index contributed by atoms with van der Waals surface area (Å²) < 4.78 is 0. The van der Waals surface area contributed by atoms with Crippen LogP contribution in [0.3, 0.4) is 0 Å². The van der Waals surface area contributed by atoms with Gasteiger partial charge in [0.15, 0.2) is 5.69 Å². The molecule has 0 aliphatic rings. The Bertz CT molecular complexity index is 404. The summed E-state index contributed by atoms with van der Waals surface area (Å²) in [4.78, 5) is 14.1. The van der Waals surface area contributed by atoms with Crippen LogP contribution in [0.5, 0.6) is 0 Å². The second-order valence-corrected chi connectivity index (χ2v) is 4.53. The van der Waals surface area contributed by atoms with E-state index in [1.54, 1.807) is 17.0 Å². The Kier molecular flexibility index (Phi) is 6.93. The van der Waals surface area contributed by atoms with Gasteiger partial charge in [-0.25, -0.2) is 0 Å². The van der Waals surface area contributed by atoms with E-state index < -0.39 is 0 Å². The first-order chi connectivity index (χ1) is 9.67. The number of aromatic nitrogens is 2. The molecule has 1 aromatic heterocycles. The number of aliphatic hydroxyl groups is 1. The molecular formula is C14H24N4O2. The molecule has 0 aliphatic heterocycles. The number of amides is 1. The number of rotatable bonds is 8. The standard InChI is InChI=1S/C14H24N4O2/c1-4-11(5-2)18(9-10-19)14(20)12-7-8-13(15-6-3)17-16-12/h7-8,11,19H,4-6,9-10H2,1-3H3,(H,15,17). The molecular weight excluding hydrogens is 256 g/mol. The van der Waals surface area contributed by atoms with Gasteiger partial charge in [-0.2, -0.15) is 0 Å². The zero-order valence-corrected chi connectivity index (χ0v) is 12.5. The number of nitrogens with zero attached hydrogens (tertiary/aromatic N) is 3. The van der Waals surface area contributed by atoms with Gasteiger partial charge >= 0.3 is 0 Å². The number of aliphatic hydroxyl groups excluding tert-OH is 1. The summed E-state index contributed by atoms with van der Waals surface area (Å²) in [6.07, 6.45) is 1.70. The molecule has 0 saturated carbocycles. The third-order valence-electron chi connectivity index (χ3n) is 3.23. The Balaban J connectivity index is 2.87. The van der Waals surface area contributed by atoms with E-state index in [1.165, 1.54) is 0 Å². The van der Waals surface area contributed by atoms with Crippen LogP contribution in [0.25, 0.3) is 0 Å². The third-order valence-corrected chi connectivity index (χ3v) is 3.23. The molecule has 1 rings (SSSR count). The maximum Gasteiger partial charge on any atom is 0.274 e. The fourth-order valence-corrected chi connectivity index (χ4v) is 2.16. The van der Waals surface area contributed by atoms with Crippen LogP contribution in [-0.4, -0.2) is 51.8 Å². The van der Waals surface area contributed by atoms with Gasteiger partial charge in [-0.15, -0.1) is 10.2 Å². The summed E-state index contributed by atoms with van der Waals surface area (Å²) >= 11 is 0. The van der Waals surface area contributed by atoms with Gasteiger partial charge in [0.05, 0.1) is 6.61 Å². The maximum atomic E-state index is 12.5. The predicted molar refractivity (Wildman–Crippen MR) is 78.7 cm³/mol. The summed E-state index contributed by atoms with van der Waals surface area (Å²) in [7, 11) is 0. The highest BCUT2D eigenvalue weighted by Crippen LogP contribution is 2.12. The SMILES string of the molecule is CCNc1ccc(C(=O)N(CCO)C(CC)CC)nn1. The van der Waals surface area contributed by atoms with Crippen molar-refractivity contribution >= 4 is 11.7 Å². The van der Waals surface area contributed by atoms with Crippen molar-refractivity contribution < 1.29 is 9.90 Å². The average Bonchev–Trinajstić information content (AvgIpc) is 2.48. The first-order valence-electron chi connectivity index (χ1n) is 7.17. The lowest BCUT2D eigenvalue weighted by Gasteiger charge is -2.29. The second-order valence-electron chi connectivity index (χ2n) is 4.53. The van der Waals surface area contributed by atoms with Crippen molar-refractivity contribution in [2.45, 2.75) is 39.7 Å². The van der Waals surface area contributed by atoms with Crippen LogP contribution in [0, 0.1) is 0 Å². The number of nitrogens with one attached hydrogen (secondary N) is 1. The van der Waals surface area contributed by atoms with Gasteiger partial charge in [0.25, 0.3) is 5.91 Å². The van der Waals surface area contributed by atoms with Crippen LogP contribution >= 0.6 is 0 Å². The van der Waals surface area contributed by atoms with Crippen molar-refractivity contribution in [2.24, 2.45) is 0 Å². The molecule has 0 radical (unpaired) electrons. The Morgan fingerprint density at radius 2 is 2.00 bits per heavy atom. The first-order valence-corrected chi connectivity index (χ1v) is 7.17. The third kappa shape index (κ3) is 4.16. The zero-order chi connectivity index (χ0) is 15.0. The minimum Gasteiger partial charge on any atom is -0.395 e. The molecule has 6 heteroatoms. The Morgan fingerprint density at radius 1 is 1.30 bits per heavy atom. The smallest absolute Gasteiger partial charge is 0.274 e. The lowest BCUT2D eigenvalue weighted by molar-refractivity contribution is 0.0615. The van der Waals surface area contributed by atoms with E-state index in [9.17, 15) is 4.79 Å². The van der Waals surface area contributed by atoms with Crippen LogP contribution in [0.1, 0.15) is 44.1 Å². The van der Waals surface area contributed by atoms with E-state index in [4.69, 9.17) is 5.11 Å². The zero-order valence-electron chi connectivity index (χ0n) is 12.5. The van der Waals surface area contributed by atoms with Crippen molar-refractivity contribution in [1.29, 1.82) is 0 Å². The monoisotopic (exact) mass is 280 g/mol. The highest BCUT2D eigenvalue weighted by molar-refractivity contribution is 5.92. The second kappa shape index (κ2) is 8.47. The van der Waals surface area contributed by atoms with Crippen molar-refractivity contribution in [2.75, 3.05) is 25.0 Å². The number of anilines is 1. The van der Waals surface area contributed by atoms with Gasteiger partial charge < -0.3 is 15.3 Å². The van der Waals surface area contributed by atoms with Crippen LogP contribution in [0.15, 0.2) is 12.1 Å². The summed E-state index contributed by atoms with van der Waals surface area (Å²) in [5, 5.41) is 20.1. The fourth-order valence-electron chi connectivity index (χ4n) is 2.16. The van der Waals surface area contributed by atoms with Crippen molar-refractivity contribution in [3.05, 3.63) is 17.8 Å². The summed E-state index contributed by atoms with van der Waals surface area (Å²) in [6.45, 7) is 7.06. The molecule has 0 unspecified atom stereocenters. The van der Waals surface area contributed by atoms with Crippen LogP contribution in [0.2, 0.25) is 0 Å². The number of hydrogen-bond donors (Lipinski definition) is 2. The van der Waals surface area contributed by atoms with E-state index in [0.717, 1.165) is 19.4 Å². The van der Waals surface area contributed by atoms with Crippen molar-refractivity contribution in [1.82, 2.24) is 15.1 Å². The number of carbonyl (C=O) groups excluding carboxylic acids is 1. The quantitative estimate of drug-likeness (QED) is 0.755. The highest BCUT2D eigenvalue weighted by atomic mass is 16.3. The molecule has 1 aromatic rings. The molecule has 2 N–H and O–H groups in total. The largest absolute Gasteiger partial charge is 0.395 e. The molecule has 1 heterocycles. The molecule has 112 valence electrons. The molecule has 0 bridgehead atoms. The van der Waals surface area contributed by atoms with Gasteiger partial charge in [-0.1, -0.05) is 13.8 Å². The highest BCUT2D eigenvalue weighted by Gasteiger charge is 2.23. The maximum absolute atomic E-state index is 12.5. The Labute approximate surface area is 120 Å². The van der Waals surface area contributed by atoms with Gasteiger partial charge in [-0.3, -0.25) is 4.79 Å². The van der Waals surface area contributed by atoms with Crippen molar-refractivity contribution in [3.63, 3.8) is 0 Å².